The van der Waals surface area contributed by atoms with Gasteiger partial charge in [0.2, 0.25) is 0 Å². The number of hydrogen-bond acceptors (Lipinski definition) is 6. The lowest BCUT2D eigenvalue weighted by Gasteiger charge is -2.10. The Labute approximate surface area is 147 Å². The fraction of sp³-hybridized carbons (Fsp3) is 0.222. The Morgan fingerprint density at radius 3 is 2.24 bits per heavy atom. The first-order valence-corrected chi connectivity index (χ1v) is 8.95. The Morgan fingerprint density at radius 1 is 0.960 bits per heavy atom. The molecule has 25 heavy (non-hydrogen) atoms. The molecule has 0 N–H and O–H groups in total. The summed E-state index contributed by atoms with van der Waals surface area (Å²) in [5.41, 5.74) is 2.09. The average molecular weight is 363 g/mol. The van der Waals surface area contributed by atoms with E-state index in [4.69, 9.17) is 14.2 Å². The molecule has 0 aliphatic heterocycles. The van der Waals surface area contributed by atoms with E-state index in [1.807, 2.05) is 24.3 Å². The Morgan fingerprint density at radius 2 is 1.64 bits per heavy atom. The zero-order valence-corrected chi connectivity index (χ0v) is 14.4. The fourth-order valence-corrected chi connectivity index (χ4v) is 2.42. The van der Waals surface area contributed by atoms with Crippen LogP contribution in [-0.2, 0) is 26.2 Å². The minimum atomic E-state index is -4.43. The highest BCUT2D eigenvalue weighted by molar-refractivity contribution is 7.85. The van der Waals surface area contributed by atoms with Gasteiger partial charge in [-0.3, -0.25) is 0 Å². The van der Waals surface area contributed by atoms with Gasteiger partial charge in [-0.1, -0.05) is 36.9 Å². The van der Waals surface area contributed by atoms with E-state index in [-0.39, 0.29) is 18.3 Å². The molecule has 0 aliphatic carbocycles. The minimum absolute atomic E-state index is 0.139. The Balaban J connectivity index is 1.59. The smallest absolute Gasteiger partial charge is 0.147 e. The van der Waals surface area contributed by atoms with Crippen LogP contribution in [0.2, 0.25) is 0 Å². The summed E-state index contributed by atoms with van der Waals surface area (Å²) < 4.78 is 48.5. The second-order valence-electron chi connectivity index (χ2n) is 5.09. The van der Waals surface area contributed by atoms with Crippen molar-refractivity contribution < 1.29 is 27.2 Å². The van der Waals surface area contributed by atoms with E-state index in [1.54, 1.807) is 6.08 Å². The average Bonchev–Trinajstić information content (AvgIpc) is 2.61. The summed E-state index contributed by atoms with van der Waals surface area (Å²) in [6, 6.07) is 13.1. The molecule has 0 spiro atoms. The van der Waals surface area contributed by atoms with Gasteiger partial charge < -0.3 is 18.8 Å². The van der Waals surface area contributed by atoms with Crippen molar-refractivity contribution >= 4 is 16.2 Å². The first-order valence-electron chi connectivity index (χ1n) is 7.54. The largest absolute Gasteiger partial charge is 0.744 e. The predicted molar refractivity (Wildman–Crippen MR) is 92.0 cm³/mol. The van der Waals surface area contributed by atoms with E-state index in [9.17, 15) is 13.0 Å². The molecule has 0 amide bonds. The topological polar surface area (TPSA) is 84.9 Å². The number of rotatable bonds is 10. The van der Waals surface area contributed by atoms with Crippen LogP contribution in [0.25, 0.3) is 6.08 Å². The predicted octanol–water partition coefficient (Wildman–Crippen LogP) is 2.80. The van der Waals surface area contributed by atoms with Crippen LogP contribution in [-0.4, -0.2) is 33.0 Å². The zero-order valence-electron chi connectivity index (χ0n) is 13.6. The number of ether oxygens (including phenoxy) is 3. The maximum absolute atomic E-state index is 10.8. The maximum Gasteiger partial charge on any atom is 0.147 e. The quantitative estimate of drug-likeness (QED) is 0.367. The van der Waals surface area contributed by atoms with Gasteiger partial charge in [0.05, 0.1) is 18.1 Å². The van der Waals surface area contributed by atoms with E-state index in [0.717, 1.165) is 11.1 Å². The molecule has 0 heterocycles. The maximum atomic E-state index is 10.8. The van der Waals surface area contributed by atoms with Gasteiger partial charge in [-0.15, -0.1) is 0 Å². The van der Waals surface area contributed by atoms with Gasteiger partial charge in [0.15, 0.2) is 0 Å². The standard InChI is InChI=1S/C18H20O6S/c1-2-15-3-5-16(6-4-15)13-23-14-22-11-12-24-17-7-9-18(10-8-17)25(19,20)21/h2-10H,1,11-14H2,(H,19,20,21)/p-1. The van der Waals surface area contributed by atoms with Gasteiger partial charge in [-0.05, 0) is 35.4 Å². The van der Waals surface area contributed by atoms with Crippen molar-refractivity contribution in [3.8, 4) is 5.75 Å². The van der Waals surface area contributed by atoms with E-state index in [0.29, 0.717) is 19.0 Å². The SMILES string of the molecule is C=Cc1ccc(COCOCCOc2ccc(S(=O)(=O)[O-])cc2)cc1. The Bertz CT molecular complexity index is 766. The van der Waals surface area contributed by atoms with E-state index in [1.165, 1.54) is 24.3 Å². The first-order chi connectivity index (χ1) is 12.0. The molecule has 0 atom stereocenters. The normalized spacial score (nSPS) is 11.2. The van der Waals surface area contributed by atoms with E-state index < -0.39 is 10.1 Å². The molecular formula is C18H19O6S-. The fourth-order valence-electron chi connectivity index (χ4n) is 1.95. The van der Waals surface area contributed by atoms with Crippen LogP contribution in [0.1, 0.15) is 11.1 Å². The Kier molecular flexibility index (Phi) is 7.15. The summed E-state index contributed by atoms with van der Waals surface area (Å²) in [5, 5.41) is 0. The van der Waals surface area contributed by atoms with Crippen LogP contribution < -0.4 is 4.74 Å². The molecule has 2 aromatic rings. The van der Waals surface area contributed by atoms with Gasteiger partial charge in [0.25, 0.3) is 0 Å². The lowest BCUT2D eigenvalue weighted by molar-refractivity contribution is -0.0675. The van der Waals surface area contributed by atoms with Crippen LogP contribution >= 0.6 is 0 Å². The van der Waals surface area contributed by atoms with Crippen molar-refractivity contribution in [1.82, 2.24) is 0 Å². The van der Waals surface area contributed by atoms with Gasteiger partial charge in [-0.2, -0.15) is 0 Å². The highest BCUT2D eigenvalue weighted by atomic mass is 32.2. The second kappa shape index (κ2) is 9.33. The third-order valence-corrected chi connectivity index (χ3v) is 4.11. The molecule has 2 rings (SSSR count). The van der Waals surface area contributed by atoms with Crippen molar-refractivity contribution in [2.45, 2.75) is 11.5 Å². The molecule has 0 saturated carbocycles. The molecule has 0 aromatic heterocycles. The summed E-state index contributed by atoms with van der Waals surface area (Å²) in [7, 11) is -4.43. The molecule has 134 valence electrons. The molecule has 0 bridgehead atoms. The van der Waals surface area contributed by atoms with Crippen molar-refractivity contribution in [3.05, 3.63) is 66.2 Å². The molecular weight excluding hydrogens is 344 g/mol. The van der Waals surface area contributed by atoms with Crippen LogP contribution in [0.5, 0.6) is 5.75 Å². The summed E-state index contributed by atoms with van der Waals surface area (Å²) in [6.07, 6.45) is 1.78. The summed E-state index contributed by atoms with van der Waals surface area (Å²) >= 11 is 0. The van der Waals surface area contributed by atoms with Crippen molar-refractivity contribution in [2.24, 2.45) is 0 Å². The summed E-state index contributed by atoms with van der Waals surface area (Å²) in [5.74, 6) is 0.458. The van der Waals surface area contributed by atoms with Crippen LogP contribution in [0.4, 0.5) is 0 Å². The lowest BCUT2D eigenvalue weighted by Crippen LogP contribution is -2.09. The summed E-state index contributed by atoms with van der Waals surface area (Å²) in [6.45, 7) is 4.88. The molecule has 0 fully saturated rings. The molecule has 7 heteroatoms. The van der Waals surface area contributed by atoms with E-state index >= 15 is 0 Å². The highest BCUT2D eigenvalue weighted by Gasteiger charge is 2.01. The monoisotopic (exact) mass is 363 g/mol. The molecule has 0 radical (unpaired) electrons. The Hall–Kier alpha value is -2.19. The molecule has 0 saturated heterocycles. The third kappa shape index (κ3) is 6.67. The third-order valence-electron chi connectivity index (χ3n) is 3.26. The molecule has 2 aromatic carbocycles. The van der Waals surface area contributed by atoms with Crippen LogP contribution in [0, 0.1) is 0 Å². The lowest BCUT2D eigenvalue weighted by atomic mass is 10.1. The van der Waals surface area contributed by atoms with Gasteiger partial charge in [0, 0.05) is 0 Å². The van der Waals surface area contributed by atoms with Crippen LogP contribution in [0.3, 0.4) is 0 Å². The molecule has 6 nitrogen and oxygen atoms in total. The first kappa shape index (κ1) is 19.1. The zero-order chi connectivity index (χ0) is 18.1. The number of benzene rings is 2. The van der Waals surface area contributed by atoms with Gasteiger partial charge in [0.1, 0.15) is 29.3 Å². The van der Waals surface area contributed by atoms with Crippen molar-refractivity contribution in [2.75, 3.05) is 20.0 Å². The molecule has 0 unspecified atom stereocenters. The van der Waals surface area contributed by atoms with Crippen molar-refractivity contribution in [1.29, 1.82) is 0 Å². The molecule has 0 aliphatic rings. The van der Waals surface area contributed by atoms with Gasteiger partial charge in [-0.25, -0.2) is 8.42 Å². The van der Waals surface area contributed by atoms with Crippen molar-refractivity contribution in [3.63, 3.8) is 0 Å². The van der Waals surface area contributed by atoms with E-state index in [2.05, 4.69) is 6.58 Å². The highest BCUT2D eigenvalue weighted by Crippen LogP contribution is 2.15. The summed E-state index contributed by atoms with van der Waals surface area (Å²) in [4.78, 5) is -0.286. The van der Waals surface area contributed by atoms with Gasteiger partial charge >= 0.3 is 0 Å². The van der Waals surface area contributed by atoms with Crippen LogP contribution in [0.15, 0.2) is 60.0 Å². The second-order valence-corrected chi connectivity index (χ2v) is 6.47. The number of hydrogen-bond donors (Lipinski definition) is 0. The minimum Gasteiger partial charge on any atom is -0.744 e.